The zero-order valence-electron chi connectivity index (χ0n) is 18.9. The third-order valence-electron chi connectivity index (χ3n) is 6.54. The van der Waals surface area contributed by atoms with Crippen molar-refractivity contribution >= 4 is 55.7 Å². The van der Waals surface area contributed by atoms with Gasteiger partial charge in [0.2, 0.25) is 11.2 Å². The predicted octanol–water partition coefficient (Wildman–Crippen LogP) is 7.00. The van der Waals surface area contributed by atoms with Crippen molar-refractivity contribution in [3.63, 3.8) is 0 Å². The SMILES string of the molecule is Cc1cc2c(sc3cc(F)ccc32)c(-c2ccc3cc([Si](C)(C)C)ccc3[n+]2C)c1C. The molecule has 0 unspecified atom stereocenters. The van der Waals surface area contributed by atoms with E-state index < -0.39 is 8.07 Å². The Labute approximate surface area is 187 Å². The van der Waals surface area contributed by atoms with Crippen LogP contribution in [-0.4, -0.2) is 8.07 Å². The lowest BCUT2D eigenvalue weighted by Gasteiger charge is -2.17. The van der Waals surface area contributed by atoms with Gasteiger partial charge in [-0.05, 0) is 55.3 Å². The van der Waals surface area contributed by atoms with Crippen LogP contribution in [0.1, 0.15) is 11.1 Å². The summed E-state index contributed by atoms with van der Waals surface area (Å²) in [4.78, 5) is 0. The molecule has 0 atom stereocenters. The topological polar surface area (TPSA) is 3.88 Å². The van der Waals surface area contributed by atoms with Crippen molar-refractivity contribution in [2.24, 2.45) is 7.05 Å². The van der Waals surface area contributed by atoms with Crippen LogP contribution in [0.2, 0.25) is 19.6 Å². The molecule has 0 bridgehead atoms. The maximum absolute atomic E-state index is 13.9. The minimum absolute atomic E-state index is 0.177. The molecule has 3 aromatic carbocycles. The highest BCUT2D eigenvalue weighted by atomic mass is 32.1. The average Bonchev–Trinajstić information content (AvgIpc) is 3.06. The van der Waals surface area contributed by atoms with Crippen molar-refractivity contribution < 1.29 is 8.96 Å². The van der Waals surface area contributed by atoms with Crippen LogP contribution >= 0.6 is 11.3 Å². The number of nitrogens with zero attached hydrogens (tertiary/aromatic N) is 1. The number of thiophene rings is 1. The Morgan fingerprint density at radius 3 is 2.39 bits per heavy atom. The highest BCUT2D eigenvalue weighted by Gasteiger charge is 2.23. The molecule has 2 aromatic heterocycles. The molecule has 0 N–H and O–H groups in total. The van der Waals surface area contributed by atoms with E-state index in [0.717, 1.165) is 10.1 Å². The Kier molecular flexibility index (Phi) is 4.58. The zero-order chi connectivity index (χ0) is 22.1. The number of hydrogen-bond donors (Lipinski definition) is 0. The molecule has 0 aliphatic heterocycles. The van der Waals surface area contributed by atoms with Gasteiger partial charge in [-0.1, -0.05) is 37.0 Å². The summed E-state index contributed by atoms with van der Waals surface area (Å²) in [5, 5.41) is 5.11. The largest absolute Gasteiger partial charge is 0.214 e. The van der Waals surface area contributed by atoms with Crippen molar-refractivity contribution in [2.75, 3.05) is 0 Å². The van der Waals surface area contributed by atoms with Crippen LogP contribution < -0.4 is 9.75 Å². The molecule has 5 rings (SSSR count). The summed E-state index contributed by atoms with van der Waals surface area (Å²) in [6.45, 7) is 11.5. The van der Waals surface area contributed by atoms with Gasteiger partial charge in [0, 0.05) is 37.7 Å². The summed E-state index contributed by atoms with van der Waals surface area (Å²) >= 11 is 1.69. The minimum Gasteiger partial charge on any atom is -0.207 e. The van der Waals surface area contributed by atoms with Gasteiger partial charge in [-0.2, -0.15) is 4.57 Å². The maximum Gasteiger partial charge on any atom is 0.214 e. The van der Waals surface area contributed by atoms with E-state index in [9.17, 15) is 4.39 Å². The summed E-state index contributed by atoms with van der Waals surface area (Å²) in [5.41, 5.74) is 6.25. The van der Waals surface area contributed by atoms with Crippen molar-refractivity contribution in [2.45, 2.75) is 33.5 Å². The predicted molar refractivity (Wildman–Crippen MR) is 136 cm³/mol. The van der Waals surface area contributed by atoms with Gasteiger partial charge in [0.25, 0.3) is 0 Å². The highest BCUT2D eigenvalue weighted by Crippen LogP contribution is 2.42. The van der Waals surface area contributed by atoms with E-state index in [1.165, 1.54) is 48.6 Å². The third kappa shape index (κ3) is 3.20. The van der Waals surface area contributed by atoms with Crippen molar-refractivity contribution in [1.29, 1.82) is 0 Å². The number of rotatable bonds is 2. The Morgan fingerprint density at radius 2 is 1.65 bits per heavy atom. The third-order valence-corrected chi connectivity index (χ3v) is 9.77. The molecule has 0 radical (unpaired) electrons. The maximum atomic E-state index is 13.9. The quantitative estimate of drug-likeness (QED) is 0.204. The van der Waals surface area contributed by atoms with Gasteiger partial charge < -0.3 is 0 Å². The number of aromatic nitrogens is 1. The van der Waals surface area contributed by atoms with Gasteiger partial charge >= 0.3 is 0 Å². The molecule has 0 amide bonds. The molecule has 0 aliphatic rings. The lowest BCUT2D eigenvalue weighted by atomic mass is 9.96. The van der Waals surface area contributed by atoms with Crippen LogP contribution in [0.5, 0.6) is 0 Å². The zero-order valence-corrected chi connectivity index (χ0v) is 20.7. The van der Waals surface area contributed by atoms with Crippen LogP contribution in [0.4, 0.5) is 4.39 Å². The summed E-state index contributed by atoms with van der Waals surface area (Å²) in [6.07, 6.45) is 0. The highest BCUT2D eigenvalue weighted by molar-refractivity contribution is 7.26. The van der Waals surface area contributed by atoms with Crippen LogP contribution in [0.15, 0.2) is 54.6 Å². The first-order valence-electron chi connectivity index (χ1n) is 10.7. The van der Waals surface area contributed by atoms with E-state index in [1.54, 1.807) is 23.5 Å². The number of fused-ring (bicyclic) bond motifs is 4. The molecule has 4 heteroatoms. The summed E-state index contributed by atoms with van der Waals surface area (Å²) < 4.78 is 18.5. The molecule has 0 aliphatic carbocycles. The van der Waals surface area contributed by atoms with Crippen molar-refractivity contribution in [3.05, 3.63) is 71.5 Å². The summed E-state index contributed by atoms with van der Waals surface area (Å²) in [5.74, 6) is -0.177. The van der Waals surface area contributed by atoms with Crippen LogP contribution in [-0.2, 0) is 7.05 Å². The fourth-order valence-corrected chi connectivity index (χ4v) is 7.03. The second-order valence-electron chi connectivity index (χ2n) is 9.61. The Morgan fingerprint density at radius 1 is 0.871 bits per heavy atom. The molecule has 0 saturated carbocycles. The van der Waals surface area contributed by atoms with Gasteiger partial charge in [-0.25, -0.2) is 4.39 Å². The lowest BCUT2D eigenvalue weighted by Crippen LogP contribution is -2.38. The first kappa shape index (κ1) is 20.3. The monoisotopic (exact) mass is 444 g/mol. The van der Waals surface area contributed by atoms with E-state index in [2.05, 4.69) is 81.5 Å². The second kappa shape index (κ2) is 6.97. The standard InChI is InChI=1S/C27H27FNSSi/c1-16-13-22-21-10-8-19(28)15-25(21)30-27(22)26(17(16)2)24-11-7-18-14-20(31(4,5)6)9-12-23(18)29(24)3/h7-15H,1-6H3/q+1. The smallest absolute Gasteiger partial charge is 0.207 e. The lowest BCUT2D eigenvalue weighted by molar-refractivity contribution is -0.633. The molecular weight excluding hydrogens is 417 g/mol. The molecule has 156 valence electrons. The van der Waals surface area contributed by atoms with E-state index >= 15 is 0 Å². The van der Waals surface area contributed by atoms with Crippen LogP contribution in [0.3, 0.4) is 0 Å². The average molecular weight is 445 g/mol. The molecule has 0 spiro atoms. The molecule has 5 aromatic rings. The van der Waals surface area contributed by atoms with E-state index in [-0.39, 0.29) is 5.82 Å². The van der Waals surface area contributed by atoms with Gasteiger partial charge in [0.05, 0.1) is 13.6 Å². The first-order chi connectivity index (χ1) is 14.6. The van der Waals surface area contributed by atoms with Crippen LogP contribution in [0.25, 0.3) is 42.3 Å². The van der Waals surface area contributed by atoms with E-state index in [0.29, 0.717) is 0 Å². The number of hydrogen-bond acceptors (Lipinski definition) is 1. The fraction of sp³-hybridized carbons (Fsp3) is 0.222. The van der Waals surface area contributed by atoms with Crippen molar-refractivity contribution in [3.8, 4) is 11.3 Å². The molecule has 0 saturated heterocycles. The summed E-state index contributed by atoms with van der Waals surface area (Å²) in [6, 6.07) is 18.9. The number of benzene rings is 3. The number of halogens is 1. The number of aryl methyl sites for hydroxylation is 2. The number of pyridine rings is 1. The Bertz CT molecular complexity index is 1510. The minimum atomic E-state index is -1.36. The molecular formula is C27H27FNSSi+. The van der Waals surface area contributed by atoms with E-state index in [1.807, 2.05) is 6.07 Å². The molecule has 31 heavy (non-hydrogen) atoms. The van der Waals surface area contributed by atoms with Gasteiger partial charge in [-0.3, -0.25) is 0 Å². The first-order valence-corrected chi connectivity index (χ1v) is 15.0. The molecule has 2 heterocycles. The Hall–Kier alpha value is -2.56. The second-order valence-corrected chi connectivity index (χ2v) is 15.7. The van der Waals surface area contributed by atoms with Gasteiger partial charge in [0.15, 0.2) is 0 Å². The fourth-order valence-electron chi connectivity index (χ4n) is 4.54. The summed E-state index contributed by atoms with van der Waals surface area (Å²) in [7, 11) is 0.799. The van der Waals surface area contributed by atoms with Crippen LogP contribution in [0, 0.1) is 19.7 Å². The Balaban J connectivity index is 1.83. The van der Waals surface area contributed by atoms with Gasteiger partial charge in [-0.15, -0.1) is 11.3 Å². The normalized spacial score (nSPS) is 12.4. The molecule has 1 nitrogen and oxygen atoms in total. The van der Waals surface area contributed by atoms with E-state index in [4.69, 9.17) is 0 Å². The van der Waals surface area contributed by atoms with Gasteiger partial charge in [0.1, 0.15) is 12.9 Å². The molecule has 0 fully saturated rings. The van der Waals surface area contributed by atoms with Crippen molar-refractivity contribution in [1.82, 2.24) is 0 Å².